The normalized spacial score (nSPS) is 10.2. The number of methoxy groups -OCH3 is 1. The van der Waals surface area contributed by atoms with Crippen LogP contribution in [0.4, 0.5) is 5.82 Å². The predicted molar refractivity (Wildman–Crippen MR) is 73.0 cm³/mol. The Bertz CT molecular complexity index is 567. The van der Waals surface area contributed by atoms with Gasteiger partial charge in [-0.05, 0) is 31.0 Å². The van der Waals surface area contributed by atoms with E-state index in [0.29, 0.717) is 0 Å². The van der Waals surface area contributed by atoms with Gasteiger partial charge in [-0.1, -0.05) is 6.07 Å². The summed E-state index contributed by atoms with van der Waals surface area (Å²) in [5.74, 6) is 1.66. The van der Waals surface area contributed by atoms with Gasteiger partial charge in [0.1, 0.15) is 17.9 Å². The number of nitrogens with zero attached hydrogens (tertiary/aromatic N) is 2. The van der Waals surface area contributed by atoms with E-state index in [9.17, 15) is 0 Å². The smallest absolute Gasteiger partial charge is 0.131 e. The lowest BCUT2D eigenvalue weighted by Gasteiger charge is -2.12. The summed E-state index contributed by atoms with van der Waals surface area (Å²) in [6, 6.07) is 6.09. The molecule has 0 unspecified atom stereocenters. The summed E-state index contributed by atoms with van der Waals surface area (Å²) in [6.07, 6.45) is 1.55. The number of benzene rings is 1. The van der Waals surface area contributed by atoms with Gasteiger partial charge in [0.25, 0.3) is 0 Å². The first-order valence-electron chi connectivity index (χ1n) is 5.81. The Balaban J connectivity index is 2.61. The number of nitrogens with one attached hydrogen (secondary N) is 1. The monoisotopic (exact) mass is 243 g/mol. The SMILES string of the molecule is CNc1cc(-c2cc(C)cc(C)c2OC)ncn1. The first-order chi connectivity index (χ1) is 8.65. The van der Waals surface area contributed by atoms with Crippen molar-refractivity contribution in [3.8, 4) is 17.0 Å². The van der Waals surface area contributed by atoms with Crippen LogP contribution in [0, 0.1) is 13.8 Å². The molecule has 0 atom stereocenters. The van der Waals surface area contributed by atoms with Crippen LogP contribution < -0.4 is 10.1 Å². The lowest BCUT2D eigenvalue weighted by molar-refractivity contribution is 0.413. The van der Waals surface area contributed by atoms with Crippen molar-refractivity contribution in [2.75, 3.05) is 19.5 Å². The quantitative estimate of drug-likeness (QED) is 0.900. The molecule has 0 radical (unpaired) electrons. The van der Waals surface area contributed by atoms with Crippen LogP contribution >= 0.6 is 0 Å². The van der Waals surface area contributed by atoms with Gasteiger partial charge in [0.05, 0.1) is 12.8 Å². The summed E-state index contributed by atoms with van der Waals surface area (Å²) in [4.78, 5) is 8.44. The highest BCUT2D eigenvalue weighted by molar-refractivity contribution is 5.71. The van der Waals surface area contributed by atoms with Crippen LogP contribution in [-0.4, -0.2) is 24.1 Å². The van der Waals surface area contributed by atoms with Crippen LogP contribution in [-0.2, 0) is 0 Å². The molecule has 4 heteroatoms. The van der Waals surface area contributed by atoms with Gasteiger partial charge in [0.2, 0.25) is 0 Å². The summed E-state index contributed by atoms with van der Waals surface area (Å²) in [5, 5.41) is 3.01. The van der Waals surface area contributed by atoms with E-state index in [1.54, 1.807) is 13.4 Å². The minimum absolute atomic E-state index is 0.793. The number of rotatable bonds is 3. The third-order valence-electron chi connectivity index (χ3n) is 2.82. The number of aromatic nitrogens is 2. The van der Waals surface area contributed by atoms with Gasteiger partial charge in [-0.25, -0.2) is 9.97 Å². The fraction of sp³-hybridized carbons (Fsp3) is 0.286. The largest absolute Gasteiger partial charge is 0.496 e. The Morgan fingerprint density at radius 2 is 1.89 bits per heavy atom. The predicted octanol–water partition coefficient (Wildman–Crippen LogP) is 2.81. The summed E-state index contributed by atoms with van der Waals surface area (Å²) >= 11 is 0. The van der Waals surface area contributed by atoms with Crippen molar-refractivity contribution in [2.24, 2.45) is 0 Å². The summed E-state index contributed by atoms with van der Waals surface area (Å²) in [6.45, 7) is 4.10. The molecule has 0 bridgehead atoms. The van der Waals surface area contributed by atoms with Crippen molar-refractivity contribution in [1.82, 2.24) is 9.97 Å². The minimum atomic E-state index is 0.793. The van der Waals surface area contributed by atoms with Gasteiger partial charge in [-0.3, -0.25) is 0 Å². The van der Waals surface area contributed by atoms with Crippen molar-refractivity contribution in [3.63, 3.8) is 0 Å². The van der Waals surface area contributed by atoms with Crippen molar-refractivity contribution >= 4 is 5.82 Å². The van der Waals surface area contributed by atoms with E-state index in [0.717, 1.165) is 28.4 Å². The number of anilines is 1. The van der Waals surface area contributed by atoms with Gasteiger partial charge in [-0.2, -0.15) is 0 Å². The van der Waals surface area contributed by atoms with E-state index in [-0.39, 0.29) is 0 Å². The number of aryl methyl sites for hydroxylation is 2. The lowest BCUT2D eigenvalue weighted by atomic mass is 10.0. The molecule has 0 amide bonds. The van der Waals surface area contributed by atoms with Gasteiger partial charge in [0, 0.05) is 18.7 Å². The van der Waals surface area contributed by atoms with E-state index in [1.807, 2.05) is 20.0 Å². The molecule has 0 aliphatic heterocycles. The van der Waals surface area contributed by atoms with E-state index >= 15 is 0 Å². The third-order valence-corrected chi connectivity index (χ3v) is 2.82. The Kier molecular flexibility index (Phi) is 3.46. The number of ether oxygens (including phenoxy) is 1. The molecular weight excluding hydrogens is 226 g/mol. The first kappa shape index (κ1) is 12.4. The van der Waals surface area contributed by atoms with Crippen LogP contribution in [0.3, 0.4) is 0 Å². The van der Waals surface area contributed by atoms with Crippen LogP contribution in [0.5, 0.6) is 5.75 Å². The van der Waals surface area contributed by atoms with E-state index in [2.05, 4.69) is 34.3 Å². The Morgan fingerprint density at radius 1 is 1.11 bits per heavy atom. The minimum Gasteiger partial charge on any atom is -0.496 e. The van der Waals surface area contributed by atoms with Crippen LogP contribution in [0.25, 0.3) is 11.3 Å². The van der Waals surface area contributed by atoms with Crippen molar-refractivity contribution in [2.45, 2.75) is 13.8 Å². The second-order valence-electron chi connectivity index (χ2n) is 4.20. The molecule has 1 aromatic carbocycles. The van der Waals surface area contributed by atoms with Gasteiger partial charge in [0.15, 0.2) is 0 Å². The summed E-state index contributed by atoms with van der Waals surface area (Å²) in [7, 11) is 3.52. The van der Waals surface area contributed by atoms with E-state index in [1.165, 1.54) is 5.56 Å². The van der Waals surface area contributed by atoms with Gasteiger partial charge in [-0.15, -0.1) is 0 Å². The fourth-order valence-corrected chi connectivity index (χ4v) is 2.06. The molecule has 0 saturated carbocycles. The molecule has 1 aromatic heterocycles. The molecule has 0 spiro atoms. The molecule has 0 fully saturated rings. The van der Waals surface area contributed by atoms with Crippen molar-refractivity contribution in [1.29, 1.82) is 0 Å². The molecule has 18 heavy (non-hydrogen) atoms. The van der Waals surface area contributed by atoms with Crippen molar-refractivity contribution < 1.29 is 4.74 Å². The zero-order valence-corrected chi connectivity index (χ0v) is 11.1. The molecule has 94 valence electrons. The third kappa shape index (κ3) is 2.27. The maximum Gasteiger partial charge on any atom is 0.131 e. The fourth-order valence-electron chi connectivity index (χ4n) is 2.06. The summed E-state index contributed by atoms with van der Waals surface area (Å²) < 4.78 is 5.48. The molecule has 4 nitrogen and oxygen atoms in total. The Hall–Kier alpha value is -2.10. The second-order valence-corrected chi connectivity index (χ2v) is 4.20. The van der Waals surface area contributed by atoms with Crippen LogP contribution in [0.2, 0.25) is 0 Å². The highest BCUT2D eigenvalue weighted by Crippen LogP contribution is 2.33. The summed E-state index contributed by atoms with van der Waals surface area (Å²) in [5.41, 5.74) is 4.15. The average molecular weight is 243 g/mol. The van der Waals surface area contributed by atoms with Crippen molar-refractivity contribution in [3.05, 3.63) is 35.7 Å². The van der Waals surface area contributed by atoms with E-state index in [4.69, 9.17) is 4.74 Å². The Labute approximate surface area is 107 Å². The molecular formula is C14H17N3O. The Morgan fingerprint density at radius 3 is 2.56 bits per heavy atom. The number of hydrogen-bond acceptors (Lipinski definition) is 4. The molecule has 2 rings (SSSR count). The zero-order chi connectivity index (χ0) is 13.1. The maximum atomic E-state index is 5.48. The van der Waals surface area contributed by atoms with Gasteiger partial charge >= 0.3 is 0 Å². The average Bonchev–Trinajstić information content (AvgIpc) is 2.38. The lowest BCUT2D eigenvalue weighted by Crippen LogP contribution is -1.97. The highest BCUT2D eigenvalue weighted by atomic mass is 16.5. The molecule has 0 aliphatic carbocycles. The van der Waals surface area contributed by atoms with Crippen LogP contribution in [0.15, 0.2) is 24.5 Å². The molecule has 0 saturated heterocycles. The second kappa shape index (κ2) is 5.04. The first-order valence-corrected chi connectivity index (χ1v) is 5.81. The zero-order valence-electron chi connectivity index (χ0n) is 11.1. The standard InChI is InChI=1S/C14H17N3O/c1-9-5-10(2)14(18-4)11(6-9)12-7-13(15-3)17-8-16-12/h5-8H,1-4H3,(H,15,16,17). The highest BCUT2D eigenvalue weighted by Gasteiger charge is 2.11. The van der Waals surface area contributed by atoms with E-state index < -0.39 is 0 Å². The van der Waals surface area contributed by atoms with Crippen LogP contribution in [0.1, 0.15) is 11.1 Å². The number of hydrogen-bond donors (Lipinski definition) is 1. The molecule has 1 N–H and O–H groups in total. The topological polar surface area (TPSA) is 47.0 Å². The molecule has 1 heterocycles. The van der Waals surface area contributed by atoms with Gasteiger partial charge < -0.3 is 10.1 Å². The maximum absolute atomic E-state index is 5.48. The molecule has 2 aromatic rings. The molecule has 0 aliphatic rings.